The first-order chi connectivity index (χ1) is 8.75. The molecule has 3 nitrogen and oxygen atoms in total. The van der Waals surface area contributed by atoms with Crippen molar-refractivity contribution >= 4 is 22.5 Å². The van der Waals surface area contributed by atoms with E-state index in [-0.39, 0.29) is 5.56 Å². The molecule has 0 radical (unpaired) electrons. The van der Waals surface area contributed by atoms with Gasteiger partial charge in [0.2, 0.25) is 0 Å². The maximum atomic E-state index is 12.4. The van der Waals surface area contributed by atoms with Gasteiger partial charge < -0.3 is 0 Å². The molecule has 94 valence electrons. The number of nitrogens with zero attached hydrogens (tertiary/aromatic N) is 2. The van der Waals surface area contributed by atoms with Gasteiger partial charge >= 0.3 is 0 Å². The Morgan fingerprint density at radius 2 is 2.00 bits per heavy atom. The average molecular weight is 263 g/mol. The van der Waals surface area contributed by atoms with E-state index < -0.39 is 0 Å². The van der Waals surface area contributed by atoms with Gasteiger partial charge in [-0.25, -0.2) is 4.98 Å². The van der Waals surface area contributed by atoms with Gasteiger partial charge in [-0.15, -0.1) is 0 Å². The van der Waals surface area contributed by atoms with Gasteiger partial charge in [-0.3, -0.25) is 9.36 Å². The van der Waals surface area contributed by atoms with Crippen molar-refractivity contribution in [3.63, 3.8) is 0 Å². The predicted molar refractivity (Wildman–Crippen MR) is 73.1 cm³/mol. The molecule has 0 unspecified atom stereocenters. The fourth-order valence-electron chi connectivity index (χ4n) is 2.73. The highest BCUT2D eigenvalue weighted by atomic mass is 35.5. The maximum absolute atomic E-state index is 12.4. The van der Waals surface area contributed by atoms with Crippen molar-refractivity contribution in [2.45, 2.75) is 38.1 Å². The Kier molecular flexibility index (Phi) is 3.08. The van der Waals surface area contributed by atoms with Crippen molar-refractivity contribution in [3.05, 3.63) is 39.9 Å². The molecule has 0 N–H and O–H groups in total. The first-order valence-corrected chi connectivity index (χ1v) is 6.80. The van der Waals surface area contributed by atoms with E-state index >= 15 is 0 Å². The van der Waals surface area contributed by atoms with Crippen molar-refractivity contribution in [3.8, 4) is 0 Å². The molecule has 0 aliphatic heterocycles. The minimum absolute atomic E-state index is 0.0365. The van der Waals surface area contributed by atoms with Crippen molar-refractivity contribution < 1.29 is 0 Å². The molecule has 18 heavy (non-hydrogen) atoms. The number of aromatic nitrogens is 2. The standard InChI is InChI=1S/C14H15ClN2O/c15-10-6-7-13-12(8-10)14(18)17(9-16-13)11-4-2-1-3-5-11/h6-9,11H,1-5H2. The van der Waals surface area contributed by atoms with E-state index in [1.165, 1.54) is 19.3 Å². The topological polar surface area (TPSA) is 34.9 Å². The third kappa shape index (κ3) is 2.03. The van der Waals surface area contributed by atoms with Gasteiger partial charge in [-0.1, -0.05) is 30.9 Å². The molecule has 0 bridgehead atoms. The zero-order chi connectivity index (χ0) is 12.5. The fraction of sp³-hybridized carbons (Fsp3) is 0.429. The number of benzene rings is 1. The van der Waals surface area contributed by atoms with Crippen LogP contribution in [0.25, 0.3) is 10.9 Å². The Morgan fingerprint density at radius 3 is 2.78 bits per heavy atom. The molecule has 0 saturated heterocycles. The van der Waals surface area contributed by atoms with Crippen molar-refractivity contribution in [1.29, 1.82) is 0 Å². The molecule has 1 aromatic carbocycles. The summed E-state index contributed by atoms with van der Waals surface area (Å²) in [5.74, 6) is 0. The zero-order valence-electron chi connectivity index (χ0n) is 10.1. The van der Waals surface area contributed by atoms with Crippen LogP contribution in [0.1, 0.15) is 38.1 Å². The lowest BCUT2D eigenvalue weighted by molar-refractivity contribution is 0.345. The van der Waals surface area contributed by atoms with Crippen LogP contribution >= 0.6 is 11.6 Å². The quantitative estimate of drug-likeness (QED) is 0.788. The lowest BCUT2D eigenvalue weighted by Crippen LogP contribution is -2.26. The lowest BCUT2D eigenvalue weighted by atomic mass is 9.95. The second-order valence-electron chi connectivity index (χ2n) is 4.91. The molecule has 3 rings (SSSR count). The van der Waals surface area contributed by atoms with E-state index in [1.54, 1.807) is 29.1 Å². The summed E-state index contributed by atoms with van der Waals surface area (Å²) < 4.78 is 1.79. The number of hydrogen-bond donors (Lipinski definition) is 0. The smallest absolute Gasteiger partial charge is 0.261 e. The number of fused-ring (bicyclic) bond motifs is 1. The van der Waals surface area contributed by atoms with E-state index in [2.05, 4.69) is 4.98 Å². The third-order valence-corrected chi connectivity index (χ3v) is 3.95. The van der Waals surface area contributed by atoms with Crippen LogP contribution in [-0.4, -0.2) is 9.55 Å². The summed E-state index contributed by atoms with van der Waals surface area (Å²) in [4.78, 5) is 16.8. The van der Waals surface area contributed by atoms with Crippen LogP contribution in [-0.2, 0) is 0 Å². The molecule has 0 amide bonds. The largest absolute Gasteiger partial charge is 0.296 e. The normalized spacial score (nSPS) is 17.2. The number of rotatable bonds is 1. The molecule has 1 heterocycles. The zero-order valence-corrected chi connectivity index (χ0v) is 10.9. The number of halogens is 1. The van der Waals surface area contributed by atoms with E-state index in [0.29, 0.717) is 16.5 Å². The van der Waals surface area contributed by atoms with Crippen LogP contribution in [0.2, 0.25) is 5.02 Å². The van der Waals surface area contributed by atoms with Crippen LogP contribution < -0.4 is 5.56 Å². The highest BCUT2D eigenvalue weighted by Gasteiger charge is 2.17. The van der Waals surface area contributed by atoms with Gasteiger partial charge in [-0.2, -0.15) is 0 Å². The van der Waals surface area contributed by atoms with Gasteiger partial charge in [0.05, 0.1) is 17.2 Å². The Balaban J connectivity index is 2.13. The SMILES string of the molecule is O=c1c2cc(Cl)ccc2ncn1C1CCCCC1. The van der Waals surface area contributed by atoms with Crippen LogP contribution in [0.15, 0.2) is 29.3 Å². The van der Waals surface area contributed by atoms with E-state index in [0.717, 1.165) is 18.4 Å². The van der Waals surface area contributed by atoms with Gasteiger partial charge in [-0.05, 0) is 31.0 Å². The molecule has 0 spiro atoms. The first-order valence-electron chi connectivity index (χ1n) is 6.42. The van der Waals surface area contributed by atoms with E-state index in [1.807, 2.05) is 0 Å². The Hall–Kier alpha value is -1.35. The molecule has 4 heteroatoms. The number of hydrogen-bond acceptors (Lipinski definition) is 2. The Bertz CT molecular complexity index is 629. The van der Waals surface area contributed by atoms with Crippen LogP contribution in [0, 0.1) is 0 Å². The summed E-state index contributed by atoms with van der Waals surface area (Å²) in [7, 11) is 0. The van der Waals surface area contributed by atoms with Crippen molar-refractivity contribution in [2.75, 3.05) is 0 Å². The van der Waals surface area contributed by atoms with Gasteiger partial charge in [0.1, 0.15) is 0 Å². The van der Waals surface area contributed by atoms with E-state index in [4.69, 9.17) is 11.6 Å². The Labute approximate surface area is 110 Å². The highest BCUT2D eigenvalue weighted by molar-refractivity contribution is 6.31. The van der Waals surface area contributed by atoms with Crippen LogP contribution in [0.3, 0.4) is 0 Å². The molecule has 1 fully saturated rings. The monoisotopic (exact) mass is 262 g/mol. The minimum Gasteiger partial charge on any atom is -0.296 e. The molecule has 0 atom stereocenters. The Morgan fingerprint density at radius 1 is 1.22 bits per heavy atom. The summed E-state index contributed by atoms with van der Waals surface area (Å²) in [6.45, 7) is 0. The molecular formula is C14H15ClN2O. The minimum atomic E-state index is 0.0365. The summed E-state index contributed by atoms with van der Waals surface area (Å²) in [5, 5.41) is 1.21. The molecule has 2 aromatic rings. The highest BCUT2D eigenvalue weighted by Crippen LogP contribution is 2.27. The second-order valence-corrected chi connectivity index (χ2v) is 5.35. The van der Waals surface area contributed by atoms with Gasteiger partial charge in [0.15, 0.2) is 0 Å². The van der Waals surface area contributed by atoms with Crippen molar-refractivity contribution in [1.82, 2.24) is 9.55 Å². The maximum Gasteiger partial charge on any atom is 0.261 e. The van der Waals surface area contributed by atoms with Crippen LogP contribution in [0.5, 0.6) is 0 Å². The van der Waals surface area contributed by atoms with Gasteiger partial charge in [0, 0.05) is 11.1 Å². The molecule has 1 aliphatic rings. The van der Waals surface area contributed by atoms with Gasteiger partial charge in [0.25, 0.3) is 5.56 Å². The fourth-order valence-corrected chi connectivity index (χ4v) is 2.90. The molecule has 1 saturated carbocycles. The lowest BCUT2D eigenvalue weighted by Gasteiger charge is -2.23. The predicted octanol–water partition coefficient (Wildman–Crippen LogP) is 3.56. The summed E-state index contributed by atoms with van der Waals surface area (Å²) in [6.07, 6.45) is 7.52. The average Bonchev–Trinajstić information content (AvgIpc) is 2.41. The molecular weight excluding hydrogens is 248 g/mol. The van der Waals surface area contributed by atoms with E-state index in [9.17, 15) is 4.79 Å². The van der Waals surface area contributed by atoms with Crippen molar-refractivity contribution in [2.24, 2.45) is 0 Å². The summed E-state index contributed by atoms with van der Waals surface area (Å²) in [6, 6.07) is 5.58. The summed E-state index contributed by atoms with van der Waals surface area (Å²) in [5.41, 5.74) is 0.755. The second kappa shape index (κ2) is 4.73. The summed E-state index contributed by atoms with van der Waals surface area (Å²) >= 11 is 5.95. The molecule has 1 aliphatic carbocycles. The first kappa shape index (κ1) is 11.7. The molecule has 1 aromatic heterocycles. The van der Waals surface area contributed by atoms with Crippen LogP contribution in [0.4, 0.5) is 0 Å². The third-order valence-electron chi connectivity index (χ3n) is 3.71.